The summed E-state index contributed by atoms with van der Waals surface area (Å²) < 4.78 is 2.31. The molecule has 0 spiro atoms. The molecule has 4 heteroatoms. The van der Waals surface area contributed by atoms with Gasteiger partial charge in [-0.3, -0.25) is 4.98 Å². The molecule has 0 amide bonds. The van der Waals surface area contributed by atoms with E-state index in [0.29, 0.717) is 0 Å². The number of hydrogen-bond acceptors (Lipinski definition) is 3. The molecule has 0 bridgehead atoms. The average molecular weight is 386 g/mol. The van der Waals surface area contributed by atoms with Gasteiger partial charge in [0.1, 0.15) is 0 Å². The lowest BCUT2D eigenvalue weighted by molar-refractivity contribution is 0.674. The van der Waals surface area contributed by atoms with E-state index in [-0.39, 0.29) is 0 Å². The Morgan fingerprint density at radius 1 is 0.929 bits per heavy atom. The monoisotopic (exact) mass is 385 g/mol. The molecular weight excluding hydrogens is 362 g/mol. The minimum absolute atomic E-state index is 0.842. The molecule has 0 atom stereocenters. The van der Waals surface area contributed by atoms with Gasteiger partial charge in [0, 0.05) is 30.2 Å². The molecule has 4 aromatic rings. The van der Waals surface area contributed by atoms with Crippen LogP contribution >= 0.6 is 11.3 Å². The lowest BCUT2D eigenvalue weighted by Crippen LogP contribution is -2.17. The fourth-order valence-corrected chi connectivity index (χ4v) is 4.33. The largest absolute Gasteiger partial charge is 0.316 e. The topological polar surface area (TPSA) is 30.2 Å². The number of nitrogens with zero attached hydrogens (tertiary/aromatic N) is 3. The van der Waals surface area contributed by atoms with Crippen molar-refractivity contribution in [1.29, 1.82) is 0 Å². The Kier molecular flexibility index (Phi) is 5.49. The van der Waals surface area contributed by atoms with Crippen LogP contribution in [0.25, 0.3) is 11.3 Å². The predicted molar refractivity (Wildman–Crippen MR) is 117 cm³/mol. The van der Waals surface area contributed by atoms with Crippen LogP contribution in [-0.4, -0.2) is 9.55 Å². The zero-order valence-corrected chi connectivity index (χ0v) is 17.0. The molecule has 0 N–H and O–H groups in total. The fourth-order valence-electron chi connectivity index (χ4n) is 3.37. The van der Waals surface area contributed by atoms with E-state index in [0.717, 1.165) is 29.1 Å². The molecule has 0 radical (unpaired) electrons. The first kappa shape index (κ1) is 18.4. The number of aromatic nitrogens is 2. The highest BCUT2D eigenvalue weighted by Gasteiger charge is 2.09. The summed E-state index contributed by atoms with van der Waals surface area (Å²) in [4.78, 5) is 10.5. The van der Waals surface area contributed by atoms with Crippen LogP contribution < -0.4 is 4.80 Å². The fraction of sp³-hybridized carbons (Fsp3) is 0.167. The number of thiazole rings is 1. The zero-order valence-electron chi connectivity index (χ0n) is 16.2. The Bertz CT molecular complexity index is 1110. The molecular formula is C24H23N3S. The normalized spacial score (nSPS) is 11.7. The highest BCUT2D eigenvalue weighted by atomic mass is 32.1. The number of hydrogen-bond donors (Lipinski definition) is 0. The second-order valence-corrected chi connectivity index (χ2v) is 7.79. The predicted octanol–water partition coefficient (Wildman–Crippen LogP) is 5.70. The standard InChI is InChI=1S/C24H23N3S/c1-18-14-19(2)16-22(15-18)26-24-27(13-11-21-10-6-7-12-25-21)23(17-28-24)20-8-4-3-5-9-20/h3-10,12,14-17H,11,13H2,1-2H3. The molecule has 0 saturated heterocycles. The van der Waals surface area contributed by atoms with Crippen molar-refractivity contribution in [3.05, 3.63) is 99.9 Å². The first-order chi connectivity index (χ1) is 13.7. The van der Waals surface area contributed by atoms with E-state index >= 15 is 0 Å². The summed E-state index contributed by atoms with van der Waals surface area (Å²) in [6.07, 6.45) is 2.73. The molecule has 0 saturated carbocycles. The lowest BCUT2D eigenvalue weighted by atomic mass is 10.1. The first-order valence-electron chi connectivity index (χ1n) is 9.46. The summed E-state index contributed by atoms with van der Waals surface area (Å²) in [7, 11) is 0. The van der Waals surface area contributed by atoms with Gasteiger partial charge >= 0.3 is 0 Å². The van der Waals surface area contributed by atoms with Gasteiger partial charge in [-0.15, -0.1) is 11.3 Å². The van der Waals surface area contributed by atoms with E-state index < -0.39 is 0 Å². The van der Waals surface area contributed by atoms with E-state index in [4.69, 9.17) is 4.99 Å². The van der Waals surface area contributed by atoms with Crippen LogP contribution in [0, 0.1) is 13.8 Å². The first-order valence-corrected chi connectivity index (χ1v) is 10.3. The lowest BCUT2D eigenvalue weighted by Gasteiger charge is -2.09. The molecule has 2 heterocycles. The molecule has 28 heavy (non-hydrogen) atoms. The Morgan fingerprint density at radius 3 is 2.39 bits per heavy atom. The molecule has 0 aliphatic carbocycles. The maximum absolute atomic E-state index is 4.98. The summed E-state index contributed by atoms with van der Waals surface area (Å²) in [5.41, 5.74) is 6.98. The van der Waals surface area contributed by atoms with Gasteiger partial charge in [-0.05, 0) is 54.8 Å². The molecule has 0 aliphatic rings. The Balaban J connectivity index is 1.77. The van der Waals surface area contributed by atoms with E-state index in [9.17, 15) is 0 Å². The SMILES string of the molecule is Cc1cc(C)cc(N=c2scc(-c3ccccc3)n2CCc2ccccn2)c1. The van der Waals surface area contributed by atoms with Crippen molar-refractivity contribution >= 4 is 17.0 Å². The van der Waals surface area contributed by atoms with Crippen LogP contribution in [0.2, 0.25) is 0 Å². The number of aryl methyl sites for hydroxylation is 3. The minimum atomic E-state index is 0.842. The molecule has 140 valence electrons. The number of pyridine rings is 1. The third-order valence-electron chi connectivity index (χ3n) is 4.62. The molecule has 2 aromatic heterocycles. The number of rotatable bonds is 5. The molecule has 2 aromatic carbocycles. The van der Waals surface area contributed by atoms with Gasteiger partial charge in [0.2, 0.25) is 0 Å². The summed E-state index contributed by atoms with van der Waals surface area (Å²) in [6.45, 7) is 5.07. The molecule has 0 fully saturated rings. The second kappa shape index (κ2) is 8.36. The molecule has 0 unspecified atom stereocenters. The van der Waals surface area contributed by atoms with E-state index in [1.54, 1.807) is 11.3 Å². The van der Waals surface area contributed by atoms with Crippen molar-refractivity contribution in [3.8, 4) is 11.3 Å². The Hall–Kier alpha value is -2.98. The maximum atomic E-state index is 4.98. The highest BCUT2D eigenvalue weighted by Crippen LogP contribution is 2.22. The van der Waals surface area contributed by atoms with Crippen molar-refractivity contribution in [1.82, 2.24) is 9.55 Å². The van der Waals surface area contributed by atoms with Crippen LogP contribution in [-0.2, 0) is 13.0 Å². The summed E-state index contributed by atoms with van der Waals surface area (Å²) in [5.74, 6) is 0. The van der Waals surface area contributed by atoms with Crippen LogP contribution in [0.4, 0.5) is 5.69 Å². The highest BCUT2D eigenvalue weighted by molar-refractivity contribution is 7.07. The van der Waals surface area contributed by atoms with E-state index in [1.165, 1.54) is 22.4 Å². The minimum Gasteiger partial charge on any atom is -0.316 e. The van der Waals surface area contributed by atoms with Crippen LogP contribution in [0.5, 0.6) is 0 Å². The van der Waals surface area contributed by atoms with Crippen molar-refractivity contribution in [2.24, 2.45) is 4.99 Å². The van der Waals surface area contributed by atoms with Gasteiger partial charge in [-0.2, -0.15) is 0 Å². The van der Waals surface area contributed by atoms with Crippen molar-refractivity contribution in [2.45, 2.75) is 26.8 Å². The smallest absolute Gasteiger partial charge is 0.190 e. The maximum Gasteiger partial charge on any atom is 0.190 e. The van der Waals surface area contributed by atoms with Gasteiger partial charge < -0.3 is 4.57 Å². The molecule has 0 aliphatic heterocycles. The average Bonchev–Trinajstić information content (AvgIpc) is 3.09. The van der Waals surface area contributed by atoms with Gasteiger partial charge in [0.05, 0.1) is 11.4 Å². The summed E-state index contributed by atoms with van der Waals surface area (Å²) in [5, 5.41) is 2.20. The Morgan fingerprint density at radius 2 is 1.68 bits per heavy atom. The van der Waals surface area contributed by atoms with Gasteiger partial charge in [0.25, 0.3) is 0 Å². The van der Waals surface area contributed by atoms with Crippen molar-refractivity contribution in [2.75, 3.05) is 0 Å². The number of benzene rings is 2. The van der Waals surface area contributed by atoms with Crippen molar-refractivity contribution in [3.63, 3.8) is 0 Å². The molecule has 4 rings (SSSR count). The summed E-state index contributed by atoms with van der Waals surface area (Å²) >= 11 is 1.69. The Labute approximate surface area is 169 Å². The van der Waals surface area contributed by atoms with E-state index in [1.807, 2.05) is 18.3 Å². The third kappa shape index (κ3) is 4.29. The van der Waals surface area contributed by atoms with Crippen LogP contribution in [0.15, 0.2) is 83.3 Å². The summed E-state index contributed by atoms with van der Waals surface area (Å²) in [6, 6.07) is 23.0. The van der Waals surface area contributed by atoms with E-state index in [2.05, 4.69) is 83.4 Å². The zero-order chi connectivity index (χ0) is 19.3. The van der Waals surface area contributed by atoms with Gasteiger partial charge in [-0.25, -0.2) is 4.99 Å². The van der Waals surface area contributed by atoms with Crippen LogP contribution in [0.3, 0.4) is 0 Å². The quantitative estimate of drug-likeness (QED) is 0.433. The van der Waals surface area contributed by atoms with Crippen molar-refractivity contribution < 1.29 is 0 Å². The second-order valence-electron chi connectivity index (χ2n) is 6.95. The molecule has 3 nitrogen and oxygen atoms in total. The van der Waals surface area contributed by atoms with Crippen LogP contribution in [0.1, 0.15) is 16.8 Å². The van der Waals surface area contributed by atoms with Gasteiger partial charge in [0.15, 0.2) is 4.80 Å². The third-order valence-corrected chi connectivity index (χ3v) is 5.48. The van der Waals surface area contributed by atoms with Gasteiger partial charge in [-0.1, -0.05) is 42.5 Å².